The summed E-state index contributed by atoms with van der Waals surface area (Å²) in [7, 11) is 1.68. The third-order valence-electron chi connectivity index (χ3n) is 5.02. The Morgan fingerprint density at radius 1 is 1.19 bits per heavy atom. The standard InChI is InChI=1S/C20H34N4O2/c1-5-22(6-2)18-8-9-19(17(3)16-18)23-11-13-24(14-12-23)20(25)21-10-7-15-26-4/h8-9,16H,5-7,10-15H2,1-4H3,(H,21,25). The molecule has 0 unspecified atom stereocenters. The number of aryl methyl sites for hydroxylation is 1. The molecule has 0 aliphatic carbocycles. The molecule has 1 aliphatic heterocycles. The second-order valence-corrected chi connectivity index (χ2v) is 6.70. The van der Waals surface area contributed by atoms with Crippen LogP contribution in [0.5, 0.6) is 0 Å². The minimum absolute atomic E-state index is 0.0364. The Morgan fingerprint density at radius 2 is 1.88 bits per heavy atom. The van der Waals surface area contributed by atoms with E-state index in [1.807, 2.05) is 4.90 Å². The van der Waals surface area contributed by atoms with E-state index >= 15 is 0 Å². The summed E-state index contributed by atoms with van der Waals surface area (Å²) in [6.07, 6.45) is 0.848. The quantitative estimate of drug-likeness (QED) is 0.723. The minimum Gasteiger partial charge on any atom is -0.385 e. The number of carbonyl (C=O) groups excluding carboxylic acids is 1. The first kappa shape index (κ1) is 20.4. The van der Waals surface area contributed by atoms with Crippen molar-refractivity contribution < 1.29 is 9.53 Å². The number of nitrogens with one attached hydrogen (secondary N) is 1. The summed E-state index contributed by atoms with van der Waals surface area (Å²) in [4.78, 5) is 18.9. The predicted octanol–water partition coefficient (Wildman–Crippen LogP) is 2.71. The highest BCUT2D eigenvalue weighted by molar-refractivity contribution is 5.74. The number of ether oxygens (including phenoxy) is 1. The van der Waals surface area contributed by atoms with Crippen LogP contribution in [0, 0.1) is 6.92 Å². The van der Waals surface area contributed by atoms with E-state index in [1.165, 1.54) is 16.9 Å². The van der Waals surface area contributed by atoms with Gasteiger partial charge in [-0.2, -0.15) is 0 Å². The Hall–Kier alpha value is -1.95. The van der Waals surface area contributed by atoms with Crippen LogP contribution in [-0.4, -0.2) is 70.5 Å². The average molecular weight is 363 g/mol. The lowest BCUT2D eigenvalue weighted by Crippen LogP contribution is -2.52. The fourth-order valence-electron chi connectivity index (χ4n) is 3.45. The van der Waals surface area contributed by atoms with Crippen molar-refractivity contribution in [1.29, 1.82) is 0 Å². The molecule has 146 valence electrons. The first-order chi connectivity index (χ1) is 12.6. The van der Waals surface area contributed by atoms with Gasteiger partial charge >= 0.3 is 6.03 Å². The maximum Gasteiger partial charge on any atom is 0.317 e. The van der Waals surface area contributed by atoms with Crippen LogP contribution < -0.4 is 15.1 Å². The SMILES string of the molecule is CCN(CC)c1ccc(N2CCN(C(=O)NCCCOC)CC2)c(C)c1. The molecule has 0 spiro atoms. The summed E-state index contributed by atoms with van der Waals surface area (Å²) in [5.74, 6) is 0. The van der Waals surface area contributed by atoms with Gasteiger partial charge < -0.3 is 24.8 Å². The molecule has 2 rings (SSSR count). The number of anilines is 2. The summed E-state index contributed by atoms with van der Waals surface area (Å²) in [5.41, 5.74) is 3.86. The first-order valence-corrected chi connectivity index (χ1v) is 9.73. The smallest absolute Gasteiger partial charge is 0.317 e. The molecular weight excluding hydrogens is 328 g/mol. The van der Waals surface area contributed by atoms with E-state index in [0.717, 1.165) is 45.7 Å². The number of hydrogen-bond acceptors (Lipinski definition) is 4. The Bertz CT molecular complexity index is 567. The maximum absolute atomic E-state index is 12.2. The van der Waals surface area contributed by atoms with Gasteiger partial charge in [-0.1, -0.05) is 0 Å². The lowest BCUT2D eigenvalue weighted by atomic mass is 10.1. The summed E-state index contributed by atoms with van der Waals surface area (Å²) in [6, 6.07) is 6.75. The van der Waals surface area contributed by atoms with E-state index in [4.69, 9.17) is 4.74 Å². The molecule has 1 aliphatic rings. The van der Waals surface area contributed by atoms with Gasteiger partial charge in [0.1, 0.15) is 0 Å². The first-order valence-electron chi connectivity index (χ1n) is 9.73. The van der Waals surface area contributed by atoms with Crippen LogP contribution in [0.15, 0.2) is 18.2 Å². The fraction of sp³-hybridized carbons (Fsp3) is 0.650. The van der Waals surface area contributed by atoms with Gasteiger partial charge in [0.15, 0.2) is 0 Å². The van der Waals surface area contributed by atoms with Gasteiger partial charge in [-0.25, -0.2) is 4.79 Å². The monoisotopic (exact) mass is 362 g/mol. The van der Waals surface area contributed by atoms with Gasteiger partial charge in [-0.3, -0.25) is 0 Å². The van der Waals surface area contributed by atoms with Gasteiger partial charge in [0.2, 0.25) is 0 Å². The van der Waals surface area contributed by atoms with Crippen LogP contribution in [0.3, 0.4) is 0 Å². The molecule has 0 radical (unpaired) electrons. The Kier molecular flexibility index (Phi) is 8.04. The number of methoxy groups -OCH3 is 1. The lowest BCUT2D eigenvalue weighted by molar-refractivity contribution is 0.183. The number of carbonyl (C=O) groups is 1. The highest BCUT2D eigenvalue weighted by Crippen LogP contribution is 2.26. The second kappa shape index (κ2) is 10.3. The number of amides is 2. The van der Waals surface area contributed by atoms with Crippen LogP contribution >= 0.6 is 0 Å². The van der Waals surface area contributed by atoms with Gasteiger partial charge in [-0.15, -0.1) is 0 Å². The third kappa shape index (κ3) is 5.27. The van der Waals surface area contributed by atoms with E-state index in [9.17, 15) is 4.79 Å². The molecule has 0 bridgehead atoms. The van der Waals surface area contributed by atoms with Gasteiger partial charge in [0.25, 0.3) is 0 Å². The zero-order chi connectivity index (χ0) is 18.9. The molecule has 6 nitrogen and oxygen atoms in total. The molecule has 2 amide bonds. The van der Waals surface area contributed by atoms with Gasteiger partial charge in [0, 0.05) is 70.9 Å². The lowest BCUT2D eigenvalue weighted by Gasteiger charge is -2.37. The van der Waals surface area contributed by atoms with E-state index < -0.39 is 0 Å². The zero-order valence-electron chi connectivity index (χ0n) is 16.8. The van der Waals surface area contributed by atoms with Crippen molar-refractivity contribution in [3.8, 4) is 0 Å². The minimum atomic E-state index is 0.0364. The Labute approximate surface area is 158 Å². The number of benzene rings is 1. The molecule has 1 heterocycles. The summed E-state index contributed by atoms with van der Waals surface area (Å²) in [5, 5.41) is 2.97. The molecule has 1 N–H and O–H groups in total. The van der Waals surface area contributed by atoms with E-state index in [-0.39, 0.29) is 6.03 Å². The summed E-state index contributed by atoms with van der Waals surface area (Å²) < 4.78 is 5.01. The molecule has 1 aromatic rings. The van der Waals surface area contributed by atoms with Crippen molar-refractivity contribution in [2.45, 2.75) is 27.2 Å². The van der Waals surface area contributed by atoms with E-state index in [1.54, 1.807) is 7.11 Å². The predicted molar refractivity (Wildman–Crippen MR) is 108 cm³/mol. The molecule has 1 fully saturated rings. The number of nitrogens with zero attached hydrogens (tertiary/aromatic N) is 3. The van der Waals surface area contributed by atoms with Crippen LogP contribution in [0.4, 0.5) is 16.2 Å². The molecule has 0 atom stereocenters. The number of piperazine rings is 1. The van der Waals surface area contributed by atoms with Crippen LogP contribution in [0.2, 0.25) is 0 Å². The molecule has 1 aromatic carbocycles. The molecule has 0 saturated carbocycles. The molecule has 26 heavy (non-hydrogen) atoms. The number of urea groups is 1. The highest BCUT2D eigenvalue weighted by atomic mass is 16.5. The summed E-state index contributed by atoms with van der Waals surface area (Å²) >= 11 is 0. The van der Waals surface area contributed by atoms with Crippen molar-refractivity contribution >= 4 is 17.4 Å². The zero-order valence-corrected chi connectivity index (χ0v) is 16.8. The molecule has 0 aromatic heterocycles. The Morgan fingerprint density at radius 3 is 2.46 bits per heavy atom. The fourth-order valence-corrected chi connectivity index (χ4v) is 3.45. The van der Waals surface area contributed by atoms with Crippen molar-refractivity contribution in [3.63, 3.8) is 0 Å². The normalized spacial score (nSPS) is 14.5. The topological polar surface area (TPSA) is 48.0 Å². The van der Waals surface area contributed by atoms with Gasteiger partial charge in [-0.05, 0) is 51.0 Å². The molecular formula is C20H34N4O2. The van der Waals surface area contributed by atoms with Gasteiger partial charge in [0.05, 0.1) is 0 Å². The maximum atomic E-state index is 12.2. The Balaban J connectivity index is 1.88. The van der Waals surface area contributed by atoms with Crippen molar-refractivity contribution in [3.05, 3.63) is 23.8 Å². The molecule has 6 heteroatoms. The van der Waals surface area contributed by atoms with Crippen LogP contribution in [0.1, 0.15) is 25.8 Å². The van der Waals surface area contributed by atoms with E-state index in [0.29, 0.717) is 13.2 Å². The van der Waals surface area contributed by atoms with Crippen molar-refractivity contribution in [2.75, 3.05) is 69.3 Å². The highest BCUT2D eigenvalue weighted by Gasteiger charge is 2.22. The largest absolute Gasteiger partial charge is 0.385 e. The van der Waals surface area contributed by atoms with Crippen LogP contribution in [0.25, 0.3) is 0 Å². The van der Waals surface area contributed by atoms with E-state index in [2.05, 4.69) is 54.1 Å². The average Bonchev–Trinajstić information content (AvgIpc) is 2.66. The molecule has 1 saturated heterocycles. The third-order valence-corrected chi connectivity index (χ3v) is 5.02. The van der Waals surface area contributed by atoms with Crippen molar-refractivity contribution in [2.24, 2.45) is 0 Å². The number of rotatable bonds is 8. The summed E-state index contributed by atoms with van der Waals surface area (Å²) in [6.45, 7) is 13.2. The number of hydrogen-bond donors (Lipinski definition) is 1. The van der Waals surface area contributed by atoms with Crippen molar-refractivity contribution in [1.82, 2.24) is 10.2 Å². The second-order valence-electron chi connectivity index (χ2n) is 6.70. The van der Waals surface area contributed by atoms with Crippen LogP contribution in [-0.2, 0) is 4.74 Å².